The minimum Gasteiger partial charge on any atom is -0.481 e. The predicted octanol–water partition coefficient (Wildman–Crippen LogP) is 1.59. The molecule has 0 amide bonds. The highest BCUT2D eigenvalue weighted by Gasteiger charge is 2.02. The molecule has 0 rings (SSSR count). The molecule has 6 nitrogen and oxygen atoms in total. The smallest absolute Gasteiger partial charge is 0.324 e. The molecule has 0 radical (unpaired) electrons. The Hall–Kier alpha value is -1.14. The van der Waals surface area contributed by atoms with E-state index in [4.69, 9.17) is 15.7 Å². The summed E-state index contributed by atoms with van der Waals surface area (Å²) in [5.41, 5.74) is 7.98. The monoisotopic (exact) mass is 274 g/mol. The van der Waals surface area contributed by atoms with Gasteiger partial charge in [-0.2, -0.15) is 5.48 Å². The zero-order valence-corrected chi connectivity index (χ0v) is 11.5. The van der Waals surface area contributed by atoms with Crippen LogP contribution in [0, 0.1) is 0 Å². The van der Waals surface area contributed by atoms with E-state index in [2.05, 4.69) is 5.48 Å². The third-order valence-corrected chi connectivity index (χ3v) is 2.69. The topological polar surface area (TPSA) is 102 Å². The SMILES string of the molecule is NCCCCCC(=O)ONCCCCCCC(=O)O. The van der Waals surface area contributed by atoms with E-state index >= 15 is 0 Å². The lowest BCUT2D eigenvalue weighted by Gasteiger charge is -2.05. The van der Waals surface area contributed by atoms with Gasteiger partial charge in [-0.25, -0.2) is 0 Å². The molecule has 0 saturated carbocycles. The van der Waals surface area contributed by atoms with Gasteiger partial charge in [0.25, 0.3) is 0 Å². The van der Waals surface area contributed by atoms with Gasteiger partial charge < -0.3 is 15.7 Å². The van der Waals surface area contributed by atoms with Gasteiger partial charge in [0.1, 0.15) is 0 Å². The quantitative estimate of drug-likeness (QED) is 0.348. The summed E-state index contributed by atoms with van der Waals surface area (Å²) < 4.78 is 0. The van der Waals surface area contributed by atoms with Crippen molar-refractivity contribution in [1.29, 1.82) is 0 Å². The number of carboxylic acids is 1. The van der Waals surface area contributed by atoms with Crippen molar-refractivity contribution < 1.29 is 19.5 Å². The number of hydrogen-bond donors (Lipinski definition) is 3. The number of rotatable bonds is 13. The zero-order chi connectivity index (χ0) is 14.3. The van der Waals surface area contributed by atoms with Gasteiger partial charge in [-0.15, -0.1) is 0 Å². The summed E-state index contributed by atoms with van der Waals surface area (Å²) in [6.07, 6.45) is 6.77. The van der Waals surface area contributed by atoms with E-state index in [9.17, 15) is 9.59 Å². The molecule has 0 aliphatic heterocycles. The molecule has 0 aliphatic rings. The van der Waals surface area contributed by atoms with Crippen LogP contribution in [0.3, 0.4) is 0 Å². The number of hydrogen-bond acceptors (Lipinski definition) is 5. The van der Waals surface area contributed by atoms with Crippen molar-refractivity contribution >= 4 is 11.9 Å². The third-order valence-electron chi connectivity index (χ3n) is 2.69. The van der Waals surface area contributed by atoms with Crippen molar-refractivity contribution in [2.24, 2.45) is 5.73 Å². The first-order valence-electron chi connectivity index (χ1n) is 7.01. The van der Waals surface area contributed by atoms with Crippen molar-refractivity contribution in [3.05, 3.63) is 0 Å². The normalized spacial score (nSPS) is 10.4. The standard InChI is InChI=1S/C13H26N2O4/c14-10-6-3-5-9-13(18)19-15-11-7-2-1-4-8-12(16)17/h15H,1-11,14H2,(H,16,17). The van der Waals surface area contributed by atoms with E-state index in [0.717, 1.165) is 38.5 Å². The molecule has 0 heterocycles. The average Bonchev–Trinajstić information content (AvgIpc) is 2.37. The Balaban J connectivity index is 3.16. The first-order valence-corrected chi connectivity index (χ1v) is 7.01. The number of unbranched alkanes of at least 4 members (excludes halogenated alkanes) is 5. The fourth-order valence-electron chi connectivity index (χ4n) is 1.60. The van der Waals surface area contributed by atoms with E-state index in [1.54, 1.807) is 0 Å². The van der Waals surface area contributed by atoms with Gasteiger partial charge in [-0.1, -0.05) is 19.3 Å². The number of aliphatic carboxylic acids is 1. The van der Waals surface area contributed by atoms with E-state index in [-0.39, 0.29) is 12.4 Å². The molecule has 0 aliphatic carbocycles. The summed E-state index contributed by atoms with van der Waals surface area (Å²) in [6.45, 7) is 1.27. The second kappa shape index (κ2) is 13.3. The summed E-state index contributed by atoms with van der Waals surface area (Å²) in [4.78, 5) is 26.3. The number of nitrogens with one attached hydrogen (secondary N) is 1. The lowest BCUT2D eigenvalue weighted by Crippen LogP contribution is -2.20. The molecular formula is C13H26N2O4. The van der Waals surface area contributed by atoms with Crippen LogP contribution in [0.25, 0.3) is 0 Å². The van der Waals surface area contributed by atoms with Crippen LogP contribution in [0.1, 0.15) is 57.8 Å². The van der Waals surface area contributed by atoms with Crippen LogP contribution in [0.4, 0.5) is 0 Å². The molecule has 6 heteroatoms. The third kappa shape index (κ3) is 14.8. The van der Waals surface area contributed by atoms with Crippen LogP contribution in [-0.4, -0.2) is 30.1 Å². The number of carbonyl (C=O) groups is 2. The van der Waals surface area contributed by atoms with Crippen LogP contribution >= 0.6 is 0 Å². The molecule has 0 spiro atoms. The van der Waals surface area contributed by atoms with E-state index in [1.807, 2.05) is 0 Å². The van der Waals surface area contributed by atoms with Gasteiger partial charge in [0.15, 0.2) is 0 Å². The fourth-order valence-corrected chi connectivity index (χ4v) is 1.60. The highest BCUT2D eigenvalue weighted by atomic mass is 16.7. The minimum absolute atomic E-state index is 0.227. The number of hydroxylamine groups is 1. The van der Waals surface area contributed by atoms with E-state index < -0.39 is 5.97 Å². The van der Waals surface area contributed by atoms with E-state index in [1.165, 1.54) is 0 Å². The molecule has 0 aromatic heterocycles. The fraction of sp³-hybridized carbons (Fsp3) is 0.846. The Kier molecular flexibility index (Phi) is 12.5. The summed E-state index contributed by atoms with van der Waals surface area (Å²) >= 11 is 0. The van der Waals surface area contributed by atoms with Gasteiger partial charge in [-0.05, 0) is 32.2 Å². The van der Waals surface area contributed by atoms with Crippen molar-refractivity contribution in [3.63, 3.8) is 0 Å². The number of carbonyl (C=O) groups excluding carboxylic acids is 1. The van der Waals surface area contributed by atoms with Crippen molar-refractivity contribution in [2.45, 2.75) is 57.8 Å². The molecule has 0 atom stereocenters. The Bertz CT molecular complexity index is 247. The molecule has 0 fully saturated rings. The van der Waals surface area contributed by atoms with Crippen LogP contribution in [0.15, 0.2) is 0 Å². The zero-order valence-electron chi connectivity index (χ0n) is 11.5. The molecule has 4 N–H and O–H groups in total. The van der Waals surface area contributed by atoms with Gasteiger partial charge in [0.05, 0.1) is 0 Å². The maximum Gasteiger partial charge on any atom is 0.324 e. The molecule has 0 unspecified atom stereocenters. The summed E-state index contributed by atoms with van der Waals surface area (Å²) in [7, 11) is 0. The maximum atomic E-state index is 11.2. The molecule has 0 aromatic carbocycles. The van der Waals surface area contributed by atoms with Gasteiger partial charge >= 0.3 is 11.9 Å². The second-order valence-electron chi connectivity index (χ2n) is 4.53. The molecule has 0 saturated heterocycles. The maximum absolute atomic E-state index is 11.2. The Morgan fingerprint density at radius 3 is 2.26 bits per heavy atom. The molecule has 19 heavy (non-hydrogen) atoms. The van der Waals surface area contributed by atoms with Gasteiger partial charge in [-0.3, -0.25) is 9.59 Å². The number of nitrogens with two attached hydrogens (primary N) is 1. The first-order chi connectivity index (χ1) is 9.16. The largest absolute Gasteiger partial charge is 0.481 e. The summed E-state index contributed by atoms with van der Waals surface area (Å²) in [5, 5.41) is 8.44. The molecule has 0 bridgehead atoms. The van der Waals surface area contributed by atoms with Crippen LogP contribution < -0.4 is 11.2 Å². The van der Waals surface area contributed by atoms with Crippen LogP contribution in [0.2, 0.25) is 0 Å². The van der Waals surface area contributed by atoms with Crippen LogP contribution in [0.5, 0.6) is 0 Å². The van der Waals surface area contributed by atoms with Crippen molar-refractivity contribution in [3.8, 4) is 0 Å². The highest BCUT2D eigenvalue weighted by Crippen LogP contribution is 2.02. The highest BCUT2D eigenvalue weighted by molar-refractivity contribution is 5.68. The van der Waals surface area contributed by atoms with Gasteiger partial charge in [0, 0.05) is 19.4 Å². The van der Waals surface area contributed by atoms with Gasteiger partial charge in [0.2, 0.25) is 0 Å². The summed E-state index contributed by atoms with van der Waals surface area (Å²) in [6, 6.07) is 0. The minimum atomic E-state index is -0.748. The number of carboxylic acid groups (broad SMARTS) is 1. The Labute approximate surface area is 114 Å². The molecular weight excluding hydrogens is 248 g/mol. The first kappa shape index (κ1) is 17.9. The molecule has 0 aromatic rings. The molecule has 112 valence electrons. The van der Waals surface area contributed by atoms with E-state index in [0.29, 0.717) is 25.9 Å². The lowest BCUT2D eigenvalue weighted by atomic mass is 10.1. The average molecular weight is 274 g/mol. The van der Waals surface area contributed by atoms with Crippen molar-refractivity contribution in [2.75, 3.05) is 13.1 Å². The summed E-state index contributed by atoms with van der Waals surface area (Å²) in [5.74, 6) is -0.982. The Morgan fingerprint density at radius 2 is 1.58 bits per heavy atom. The second-order valence-corrected chi connectivity index (χ2v) is 4.53. The van der Waals surface area contributed by atoms with Crippen molar-refractivity contribution in [1.82, 2.24) is 5.48 Å². The Morgan fingerprint density at radius 1 is 0.947 bits per heavy atom. The predicted molar refractivity (Wildman–Crippen MR) is 72.3 cm³/mol. The van der Waals surface area contributed by atoms with Crippen LogP contribution in [-0.2, 0) is 14.4 Å². The lowest BCUT2D eigenvalue weighted by molar-refractivity contribution is -0.151.